The second-order valence-corrected chi connectivity index (χ2v) is 22.8. The number of aryl methyl sites for hydroxylation is 2. The van der Waals surface area contributed by atoms with Crippen molar-refractivity contribution in [2.75, 3.05) is 79.0 Å². The lowest BCUT2D eigenvalue weighted by molar-refractivity contribution is -0.135. The van der Waals surface area contributed by atoms with E-state index < -0.39 is 11.7 Å². The number of carbonyl (C=O) groups is 3. The van der Waals surface area contributed by atoms with Gasteiger partial charge in [0.1, 0.15) is 22.5 Å². The predicted molar refractivity (Wildman–Crippen MR) is 270 cm³/mol. The van der Waals surface area contributed by atoms with E-state index in [2.05, 4.69) is 41.8 Å². The fourth-order valence-electron chi connectivity index (χ4n) is 12.9. The van der Waals surface area contributed by atoms with E-state index in [-0.39, 0.29) is 17.6 Å². The van der Waals surface area contributed by atoms with Crippen LogP contribution < -0.4 is 5.43 Å². The van der Waals surface area contributed by atoms with E-state index >= 15 is 4.39 Å². The van der Waals surface area contributed by atoms with E-state index in [9.17, 15) is 14.4 Å². The summed E-state index contributed by atoms with van der Waals surface area (Å²) in [6.45, 7) is 12.2. The van der Waals surface area contributed by atoms with Gasteiger partial charge < -0.3 is 29.4 Å². The van der Waals surface area contributed by atoms with Crippen LogP contribution in [0, 0.1) is 18.2 Å². The Bertz CT molecular complexity index is 2620. The number of ether oxygens (including phenoxy) is 1. The van der Waals surface area contributed by atoms with Crippen molar-refractivity contribution in [3.8, 4) is 0 Å². The van der Waals surface area contributed by atoms with E-state index in [0.717, 1.165) is 90.6 Å². The Morgan fingerprint density at radius 1 is 0.859 bits per heavy atom. The van der Waals surface area contributed by atoms with Crippen molar-refractivity contribution in [2.24, 2.45) is 10.5 Å². The second kappa shape index (κ2) is 20.5. The zero-order valence-corrected chi connectivity index (χ0v) is 42.4. The molecule has 0 bridgehead atoms. The van der Waals surface area contributed by atoms with Gasteiger partial charge in [0.05, 0.1) is 48.3 Å². The number of aldehydes is 1. The highest BCUT2D eigenvalue weighted by molar-refractivity contribution is 7.11. The average Bonchev–Trinajstić information content (AvgIpc) is 3.93. The summed E-state index contributed by atoms with van der Waals surface area (Å²) < 4.78 is 24.3. The normalized spacial score (nSPS) is 25.7. The van der Waals surface area contributed by atoms with E-state index in [1.54, 1.807) is 36.2 Å². The van der Waals surface area contributed by atoms with Gasteiger partial charge in [0.2, 0.25) is 5.91 Å². The molecule has 4 saturated heterocycles. The topological polar surface area (TPSA) is 145 Å². The number of aromatic nitrogens is 4. The molecule has 7 heterocycles. The highest BCUT2D eigenvalue weighted by atomic mass is 32.1. The Morgan fingerprint density at radius 3 is 2.37 bits per heavy atom. The number of hydrogen-bond donors (Lipinski definition) is 1. The molecule has 378 valence electrons. The van der Waals surface area contributed by atoms with Gasteiger partial charge in [-0.3, -0.25) is 24.2 Å². The number of hydrazone groups is 1. The second-order valence-electron chi connectivity index (χ2n) is 21.5. The molecule has 15 nitrogen and oxygen atoms in total. The molecule has 11 rings (SSSR count). The fraction of sp³-hybridized carbons (Fsp3) is 0.611. The maximum Gasteiger partial charge on any atom is 0.256 e. The number of likely N-dealkylation sites (tertiary alicyclic amines) is 3. The third-order valence-electron chi connectivity index (χ3n) is 17.0. The molecular weight excluding hydrogens is 918 g/mol. The van der Waals surface area contributed by atoms with Gasteiger partial charge in [0, 0.05) is 107 Å². The van der Waals surface area contributed by atoms with Gasteiger partial charge in [0.15, 0.2) is 6.29 Å². The van der Waals surface area contributed by atoms with Crippen LogP contribution in [0.15, 0.2) is 47.6 Å². The third-order valence-corrected chi connectivity index (χ3v) is 18.0. The standard InChI is InChI=1S/C54H70FN11O4S/c1-37-50(57-48(71-37)31-65-19-8-11-46(65)51-60-59-47-12-4-3-7-20-66(47)51)54-34-53(54,35-54)36-62-23-17-41(18-24-62)70-40-15-21-61(22-16-40)32-49(68)63-25-27-64(28-26-63)52(69)43-29-38(13-14-44(43)55)30-45(58-56-2)42-10-6-5-9-39(42)33-67/h5-6,9-10,13-14,29,33,40-41,46,56H,3-4,7-8,11-12,15-28,30-32,34-36H2,1-2H3/b58-45-. The molecule has 2 amide bonds. The van der Waals surface area contributed by atoms with Crippen LogP contribution >= 0.6 is 11.3 Å². The first-order chi connectivity index (χ1) is 34.6. The van der Waals surface area contributed by atoms with Gasteiger partial charge in [-0.25, -0.2) is 9.37 Å². The molecule has 5 aliphatic heterocycles. The molecule has 2 saturated carbocycles. The van der Waals surface area contributed by atoms with Crippen LogP contribution in [-0.4, -0.2) is 159 Å². The van der Waals surface area contributed by atoms with Gasteiger partial charge in [-0.15, -0.1) is 21.5 Å². The lowest BCUT2D eigenvalue weighted by Crippen LogP contribution is -2.53. The quantitative estimate of drug-likeness (QED) is 0.0781. The Hall–Kier alpha value is -4.94. The third kappa shape index (κ3) is 9.97. The maximum absolute atomic E-state index is 15.2. The van der Waals surface area contributed by atoms with Crippen molar-refractivity contribution >= 4 is 35.1 Å². The van der Waals surface area contributed by atoms with Crippen LogP contribution in [0.5, 0.6) is 0 Å². The maximum atomic E-state index is 15.2. The Morgan fingerprint density at radius 2 is 1.61 bits per heavy atom. The number of benzene rings is 2. The molecule has 0 radical (unpaired) electrons. The molecule has 2 aromatic carbocycles. The molecule has 71 heavy (non-hydrogen) atoms. The number of hydrogen-bond acceptors (Lipinski definition) is 13. The lowest BCUT2D eigenvalue weighted by atomic mass is 9.97. The summed E-state index contributed by atoms with van der Waals surface area (Å²) in [4.78, 5) is 56.7. The molecule has 2 aliphatic carbocycles. The number of amides is 2. The van der Waals surface area contributed by atoms with Gasteiger partial charge in [0.25, 0.3) is 5.91 Å². The molecule has 1 atom stereocenters. The molecule has 4 aromatic rings. The van der Waals surface area contributed by atoms with E-state index in [4.69, 9.17) is 14.8 Å². The monoisotopic (exact) mass is 988 g/mol. The molecule has 17 heteroatoms. The molecule has 7 aliphatic rings. The molecule has 0 spiro atoms. The number of halogens is 1. The zero-order chi connectivity index (χ0) is 48.7. The van der Waals surface area contributed by atoms with Crippen molar-refractivity contribution in [1.82, 2.24) is 49.7 Å². The number of piperidine rings is 2. The van der Waals surface area contributed by atoms with Crippen molar-refractivity contribution in [2.45, 2.75) is 127 Å². The Labute approximate surface area is 421 Å². The first-order valence-electron chi connectivity index (χ1n) is 26.5. The summed E-state index contributed by atoms with van der Waals surface area (Å²) in [6.07, 6.45) is 15.3. The summed E-state index contributed by atoms with van der Waals surface area (Å²) in [6, 6.07) is 12.0. The fourth-order valence-corrected chi connectivity index (χ4v) is 13.9. The van der Waals surface area contributed by atoms with Gasteiger partial charge in [-0.05, 0) is 101 Å². The van der Waals surface area contributed by atoms with Crippen molar-refractivity contribution in [1.29, 1.82) is 0 Å². The number of piperazine rings is 1. The Balaban J connectivity index is 0.591. The molecule has 2 aromatic heterocycles. The SMILES string of the molecule is CN/N=C(/Cc1ccc(F)c(C(=O)N2CCN(C(=O)CN3CCC(OC4CCN(CC56CC5(c5nc(CN7CCCC7c7nnc8n7CCCCC8)sc5C)C6)CC4)CC3)CC2)c1)c1ccccc1C=O. The van der Waals surface area contributed by atoms with Crippen molar-refractivity contribution in [3.63, 3.8) is 0 Å². The van der Waals surface area contributed by atoms with E-state index in [0.29, 0.717) is 84.5 Å². The van der Waals surface area contributed by atoms with Crippen LogP contribution in [-0.2, 0) is 40.9 Å². The van der Waals surface area contributed by atoms with Crippen LogP contribution in [0.25, 0.3) is 0 Å². The summed E-state index contributed by atoms with van der Waals surface area (Å²) in [7, 11) is 1.68. The number of rotatable bonds is 16. The number of fused-ring (bicyclic) bond motifs is 2. The van der Waals surface area contributed by atoms with Gasteiger partial charge >= 0.3 is 0 Å². The molecule has 6 fully saturated rings. The van der Waals surface area contributed by atoms with Gasteiger partial charge in [-0.1, -0.05) is 36.8 Å². The summed E-state index contributed by atoms with van der Waals surface area (Å²) >= 11 is 1.92. The van der Waals surface area contributed by atoms with Crippen LogP contribution in [0.2, 0.25) is 0 Å². The van der Waals surface area contributed by atoms with Crippen molar-refractivity contribution < 1.29 is 23.5 Å². The van der Waals surface area contributed by atoms with Crippen LogP contribution in [0.1, 0.15) is 136 Å². The van der Waals surface area contributed by atoms with Gasteiger partial charge in [-0.2, -0.15) is 5.10 Å². The molecule has 1 N–H and O–H groups in total. The highest BCUT2D eigenvalue weighted by Gasteiger charge is 2.84. The number of nitrogens with zero attached hydrogens (tertiary/aromatic N) is 10. The summed E-state index contributed by atoms with van der Waals surface area (Å²) in [5.74, 6) is 1.44. The Kier molecular flexibility index (Phi) is 14.0. The largest absolute Gasteiger partial charge is 0.375 e. The number of carbonyl (C=O) groups excluding carboxylic acids is 3. The number of thiazole rings is 1. The van der Waals surface area contributed by atoms with Crippen LogP contribution in [0.4, 0.5) is 4.39 Å². The zero-order valence-electron chi connectivity index (χ0n) is 41.6. The molecular formula is C54H70FN11O4S. The minimum atomic E-state index is -0.593. The molecule has 1 unspecified atom stereocenters. The summed E-state index contributed by atoms with van der Waals surface area (Å²) in [5.41, 5.74) is 7.36. The predicted octanol–water partition coefficient (Wildman–Crippen LogP) is 6.19. The number of nitrogens with one attached hydrogen (secondary N) is 1. The van der Waals surface area contributed by atoms with E-state index in [1.807, 2.05) is 28.4 Å². The lowest BCUT2D eigenvalue weighted by Gasteiger charge is -2.38. The first kappa shape index (κ1) is 48.3. The average molecular weight is 988 g/mol. The smallest absolute Gasteiger partial charge is 0.256 e. The summed E-state index contributed by atoms with van der Waals surface area (Å²) in [5, 5.41) is 15.0. The first-order valence-corrected chi connectivity index (χ1v) is 27.3. The highest BCUT2D eigenvalue weighted by Crippen LogP contribution is 2.86. The minimum absolute atomic E-state index is 0.0101. The van der Waals surface area contributed by atoms with Crippen LogP contribution in [0.3, 0.4) is 0 Å². The van der Waals surface area contributed by atoms with E-state index in [1.165, 1.54) is 78.4 Å². The minimum Gasteiger partial charge on any atom is -0.375 e. The van der Waals surface area contributed by atoms with Crippen molar-refractivity contribution in [3.05, 3.63) is 97.8 Å².